The fourth-order valence-corrected chi connectivity index (χ4v) is 0.949. The Morgan fingerprint density at radius 2 is 2.00 bits per heavy atom. The van der Waals surface area contributed by atoms with Crippen LogP contribution in [0.25, 0.3) is 0 Å². The van der Waals surface area contributed by atoms with Gasteiger partial charge < -0.3 is 0 Å². The third-order valence-electron chi connectivity index (χ3n) is 2.47. The molecular formula is C7H14N+. The van der Waals surface area contributed by atoms with Crippen molar-refractivity contribution in [3.05, 3.63) is 0 Å². The van der Waals surface area contributed by atoms with E-state index in [1.807, 2.05) is 0 Å². The van der Waals surface area contributed by atoms with E-state index >= 15 is 0 Å². The van der Waals surface area contributed by atoms with E-state index in [-0.39, 0.29) is 0 Å². The first-order valence-electron chi connectivity index (χ1n) is 3.13. The molecule has 0 aromatic heterocycles. The Kier molecular flexibility index (Phi) is 0.969. The lowest BCUT2D eigenvalue weighted by Crippen LogP contribution is -2.51. The van der Waals surface area contributed by atoms with Gasteiger partial charge in [-0.2, -0.15) is 0 Å². The minimum absolute atomic E-state index is 0.417. The predicted molar refractivity (Wildman–Crippen MR) is 35.5 cm³/mol. The van der Waals surface area contributed by atoms with Gasteiger partial charge in [-0.3, -0.25) is 0 Å². The van der Waals surface area contributed by atoms with Crippen LogP contribution in [0.2, 0.25) is 0 Å². The second kappa shape index (κ2) is 1.34. The summed E-state index contributed by atoms with van der Waals surface area (Å²) in [5.41, 5.74) is 0.417. The maximum absolute atomic E-state index is 2.26. The molecule has 1 aliphatic heterocycles. The van der Waals surface area contributed by atoms with Gasteiger partial charge in [0.05, 0.1) is 5.92 Å². The van der Waals surface area contributed by atoms with Crippen LogP contribution in [0.1, 0.15) is 20.8 Å². The summed E-state index contributed by atoms with van der Waals surface area (Å²) in [4.78, 5) is 0. The summed E-state index contributed by atoms with van der Waals surface area (Å²) in [6, 6.07) is 0. The highest BCUT2D eigenvalue weighted by Crippen LogP contribution is 2.24. The van der Waals surface area contributed by atoms with Gasteiger partial charge in [-0.25, -0.2) is 4.58 Å². The van der Waals surface area contributed by atoms with Gasteiger partial charge in [-0.05, 0) is 6.92 Å². The Hall–Kier alpha value is -0.330. The van der Waals surface area contributed by atoms with Crippen LogP contribution in [0.4, 0.5) is 0 Å². The third kappa shape index (κ3) is 0.504. The summed E-state index contributed by atoms with van der Waals surface area (Å²) in [7, 11) is 2.12. The van der Waals surface area contributed by atoms with Gasteiger partial charge in [0.2, 0.25) is 0 Å². The summed E-state index contributed by atoms with van der Waals surface area (Å²) in [5.74, 6) is 0.757. The maximum atomic E-state index is 2.26. The summed E-state index contributed by atoms with van der Waals surface area (Å²) >= 11 is 0. The standard InChI is InChI=1S/C7H14N/c1-6-5-8(4)7(6,2)3/h5-6H,1-4H3/q+1. The Morgan fingerprint density at radius 1 is 1.50 bits per heavy atom. The average molecular weight is 112 g/mol. The van der Waals surface area contributed by atoms with Gasteiger partial charge in [0.25, 0.3) is 0 Å². The van der Waals surface area contributed by atoms with Crippen molar-refractivity contribution < 1.29 is 4.58 Å². The molecular weight excluding hydrogens is 98.1 g/mol. The highest BCUT2D eigenvalue weighted by molar-refractivity contribution is 5.60. The molecule has 1 atom stereocenters. The molecule has 1 heterocycles. The molecule has 0 aromatic carbocycles. The van der Waals surface area contributed by atoms with Gasteiger partial charge in [-0.15, -0.1) is 0 Å². The van der Waals surface area contributed by atoms with E-state index in [2.05, 4.69) is 38.6 Å². The molecule has 1 heteroatoms. The quantitative estimate of drug-likeness (QED) is 0.413. The Morgan fingerprint density at radius 3 is 2.00 bits per heavy atom. The normalized spacial score (nSPS) is 33.5. The van der Waals surface area contributed by atoms with E-state index < -0.39 is 0 Å². The van der Waals surface area contributed by atoms with Crippen LogP contribution in [0.15, 0.2) is 0 Å². The van der Waals surface area contributed by atoms with Crippen molar-refractivity contribution in [3.63, 3.8) is 0 Å². The van der Waals surface area contributed by atoms with Gasteiger partial charge in [0, 0.05) is 13.8 Å². The number of hydrogen-bond acceptors (Lipinski definition) is 0. The Bertz CT molecular complexity index is 133. The number of rotatable bonds is 0. The molecule has 1 unspecified atom stereocenters. The van der Waals surface area contributed by atoms with Crippen LogP contribution in [0.3, 0.4) is 0 Å². The van der Waals surface area contributed by atoms with Crippen LogP contribution in [-0.2, 0) is 0 Å². The van der Waals surface area contributed by atoms with Crippen molar-refractivity contribution in [1.29, 1.82) is 0 Å². The van der Waals surface area contributed by atoms with E-state index in [1.165, 1.54) is 0 Å². The Labute approximate surface area is 51.0 Å². The lowest BCUT2D eigenvalue weighted by molar-refractivity contribution is -0.609. The summed E-state index contributed by atoms with van der Waals surface area (Å²) in [5, 5.41) is 0. The first-order chi connectivity index (χ1) is 3.55. The smallest absolute Gasteiger partial charge is 0.168 e. The Balaban J connectivity index is 2.77. The lowest BCUT2D eigenvalue weighted by atomic mass is 9.83. The molecule has 0 saturated carbocycles. The molecule has 0 aromatic rings. The van der Waals surface area contributed by atoms with Crippen molar-refractivity contribution >= 4 is 6.21 Å². The van der Waals surface area contributed by atoms with Crippen molar-refractivity contribution in [2.45, 2.75) is 26.3 Å². The molecule has 0 aliphatic carbocycles. The van der Waals surface area contributed by atoms with Crippen LogP contribution >= 0.6 is 0 Å². The first kappa shape index (κ1) is 5.80. The maximum Gasteiger partial charge on any atom is 0.168 e. The zero-order valence-electron chi connectivity index (χ0n) is 6.10. The minimum atomic E-state index is 0.417. The molecule has 0 N–H and O–H groups in total. The second-order valence-electron chi connectivity index (χ2n) is 3.20. The lowest BCUT2D eigenvalue weighted by Gasteiger charge is -2.32. The zero-order valence-corrected chi connectivity index (χ0v) is 6.10. The van der Waals surface area contributed by atoms with Crippen molar-refractivity contribution in [2.75, 3.05) is 7.05 Å². The molecule has 0 bridgehead atoms. The molecule has 0 amide bonds. The van der Waals surface area contributed by atoms with Crippen LogP contribution < -0.4 is 0 Å². The molecule has 1 nitrogen and oxygen atoms in total. The summed E-state index contributed by atoms with van der Waals surface area (Å²) in [6.45, 7) is 6.77. The fourth-order valence-electron chi connectivity index (χ4n) is 0.949. The number of hydrogen-bond donors (Lipinski definition) is 0. The van der Waals surface area contributed by atoms with Crippen LogP contribution in [0.5, 0.6) is 0 Å². The fraction of sp³-hybridized carbons (Fsp3) is 0.857. The van der Waals surface area contributed by atoms with Crippen molar-refractivity contribution in [2.24, 2.45) is 5.92 Å². The SMILES string of the molecule is CC1C=[N+](C)C1(C)C. The highest BCUT2D eigenvalue weighted by Gasteiger charge is 2.43. The van der Waals surface area contributed by atoms with E-state index in [0.717, 1.165) is 5.92 Å². The zero-order chi connectivity index (χ0) is 6.36. The third-order valence-corrected chi connectivity index (χ3v) is 2.47. The largest absolute Gasteiger partial charge is 0.236 e. The van der Waals surface area contributed by atoms with Crippen molar-refractivity contribution in [3.8, 4) is 0 Å². The van der Waals surface area contributed by atoms with Gasteiger partial charge in [-0.1, -0.05) is 0 Å². The van der Waals surface area contributed by atoms with E-state index in [4.69, 9.17) is 0 Å². The summed E-state index contributed by atoms with van der Waals surface area (Å²) < 4.78 is 2.26. The summed E-state index contributed by atoms with van der Waals surface area (Å²) in [6.07, 6.45) is 2.25. The second-order valence-corrected chi connectivity index (χ2v) is 3.20. The molecule has 0 fully saturated rings. The monoisotopic (exact) mass is 112 g/mol. The average Bonchev–Trinajstić information content (AvgIpc) is 1.68. The molecule has 1 rings (SSSR count). The van der Waals surface area contributed by atoms with Gasteiger partial charge in [0.15, 0.2) is 5.54 Å². The topological polar surface area (TPSA) is 3.01 Å². The molecule has 0 radical (unpaired) electrons. The first-order valence-corrected chi connectivity index (χ1v) is 3.13. The molecule has 8 heavy (non-hydrogen) atoms. The van der Waals surface area contributed by atoms with Gasteiger partial charge in [0.1, 0.15) is 13.3 Å². The minimum Gasteiger partial charge on any atom is -0.236 e. The van der Waals surface area contributed by atoms with E-state index in [9.17, 15) is 0 Å². The van der Waals surface area contributed by atoms with Crippen LogP contribution in [0, 0.1) is 5.92 Å². The highest BCUT2D eigenvalue weighted by atomic mass is 15.1. The molecule has 0 spiro atoms. The number of nitrogens with zero attached hydrogens (tertiary/aromatic N) is 1. The molecule has 46 valence electrons. The predicted octanol–water partition coefficient (Wildman–Crippen LogP) is 1.13. The van der Waals surface area contributed by atoms with E-state index in [1.54, 1.807) is 0 Å². The molecule has 1 aliphatic rings. The van der Waals surface area contributed by atoms with Crippen LogP contribution in [-0.4, -0.2) is 23.4 Å². The van der Waals surface area contributed by atoms with Gasteiger partial charge >= 0.3 is 0 Å². The molecule has 0 saturated heterocycles. The van der Waals surface area contributed by atoms with Crippen molar-refractivity contribution in [1.82, 2.24) is 0 Å². The van der Waals surface area contributed by atoms with E-state index in [0.29, 0.717) is 5.54 Å².